The van der Waals surface area contributed by atoms with Crippen LogP contribution in [0.3, 0.4) is 0 Å². The number of pyridine rings is 2. The molecule has 2 N–H and O–H groups in total. The Bertz CT molecular complexity index is 1260. The standard InChI is InChI=1S/C20H18N6O2/c1-11-4-5-14(24-19(27)18-22-10-23-25-18)8-15(11)16-7-13-9-21-12(2)6-17(13)26(3)20(16)28/h4-10H,1-3H3,(H,24,27)(H,22,23,25). The van der Waals surface area contributed by atoms with Gasteiger partial charge in [-0.05, 0) is 49.2 Å². The number of benzene rings is 1. The average molecular weight is 374 g/mol. The van der Waals surface area contributed by atoms with Gasteiger partial charge in [-0.3, -0.25) is 19.7 Å². The van der Waals surface area contributed by atoms with Crippen LogP contribution in [0.25, 0.3) is 22.0 Å². The minimum absolute atomic E-state index is 0.0465. The summed E-state index contributed by atoms with van der Waals surface area (Å²) >= 11 is 0. The third-order valence-electron chi connectivity index (χ3n) is 4.65. The second-order valence-electron chi connectivity index (χ2n) is 6.61. The molecule has 0 spiro atoms. The summed E-state index contributed by atoms with van der Waals surface area (Å²) in [7, 11) is 1.75. The van der Waals surface area contributed by atoms with Crippen LogP contribution in [0.4, 0.5) is 5.69 Å². The van der Waals surface area contributed by atoms with E-state index in [0.717, 1.165) is 27.7 Å². The summed E-state index contributed by atoms with van der Waals surface area (Å²) in [4.78, 5) is 33.4. The van der Waals surface area contributed by atoms with E-state index < -0.39 is 5.91 Å². The van der Waals surface area contributed by atoms with Gasteiger partial charge in [-0.25, -0.2) is 4.98 Å². The smallest absolute Gasteiger partial charge is 0.295 e. The van der Waals surface area contributed by atoms with E-state index in [9.17, 15) is 9.59 Å². The van der Waals surface area contributed by atoms with Crippen LogP contribution in [0.5, 0.6) is 0 Å². The molecule has 8 nitrogen and oxygen atoms in total. The highest BCUT2D eigenvalue weighted by atomic mass is 16.2. The number of amides is 1. The molecule has 140 valence electrons. The minimum Gasteiger partial charge on any atom is -0.319 e. The first kappa shape index (κ1) is 17.6. The van der Waals surface area contributed by atoms with Crippen molar-refractivity contribution in [1.82, 2.24) is 24.7 Å². The van der Waals surface area contributed by atoms with Crippen LogP contribution in [0, 0.1) is 13.8 Å². The van der Waals surface area contributed by atoms with E-state index in [1.54, 1.807) is 29.9 Å². The summed E-state index contributed by atoms with van der Waals surface area (Å²) < 4.78 is 1.62. The van der Waals surface area contributed by atoms with E-state index in [-0.39, 0.29) is 11.4 Å². The number of hydrogen-bond acceptors (Lipinski definition) is 5. The second-order valence-corrected chi connectivity index (χ2v) is 6.61. The Kier molecular flexibility index (Phi) is 4.23. The van der Waals surface area contributed by atoms with Crippen molar-refractivity contribution in [2.45, 2.75) is 13.8 Å². The number of fused-ring (bicyclic) bond motifs is 1. The fourth-order valence-electron chi connectivity index (χ4n) is 3.15. The first-order chi connectivity index (χ1) is 13.4. The normalized spacial score (nSPS) is 11.0. The maximum absolute atomic E-state index is 13.0. The summed E-state index contributed by atoms with van der Waals surface area (Å²) in [6.45, 7) is 3.82. The number of rotatable bonds is 3. The van der Waals surface area contributed by atoms with Crippen molar-refractivity contribution >= 4 is 22.5 Å². The first-order valence-electron chi connectivity index (χ1n) is 8.68. The summed E-state index contributed by atoms with van der Waals surface area (Å²) in [6.07, 6.45) is 3.10. The van der Waals surface area contributed by atoms with Crippen LogP contribution in [-0.4, -0.2) is 30.6 Å². The Morgan fingerprint density at radius 1 is 1.11 bits per heavy atom. The van der Waals surface area contributed by atoms with Crippen LogP contribution >= 0.6 is 0 Å². The predicted molar refractivity (Wildman–Crippen MR) is 106 cm³/mol. The maximum Gasteiger partial charge on any atom is 0.295 e. The van der Waals surface area contributed by atoms with Gasteiger partial charge in [0.2, 0.25) is 5.82 Å². The average Bonchev–Trinajstić information content (AvgIpc) is 3.22. The van der Waals surface area contributed by atoms with Crippen molar-refractivity contribution in [2.75, 3.05) is 5.32 Å². The third kappa shape index (κ3) is 3.05. The van der Waals surface area contributed by atoms with Gasteiger partial charge >= 0.3 is 0 Å². The SMILES string of the molecule is Cc1cc2c(cn1)cc(-c1cc(NC(=O)c3nc[nH]n3)ccc1C)c(=O)n2C. The van der Waals surface area contributed by atoms with Crippen molar-refractivity contribution < 1.29 is 4.79 Å². The topological polar surface area (TPSA) is 106 Å². The molecule has 0 fully saturated rings. The van der Waals surface area contributed by atoms with Crippen LogP contribution in [0.2, 0.25) is 0 Å². The zero-order valence-electron chi connectivity index (χ0n) is 15.6. The highest BCUT2D eigenvalue weighted by molar-refractivity contribution is 6.01. The van der Waals surface area contributed by atoms with Gasteiger partial charge in [-0.2, -0.15) is 0 Å². The van der Waals surface area contributed by atoms with E-state index in [2.05, 4.69) is 25.5 Å². The lowest BCUT2D eigenvalue weighted by Gasteiger charge is -2.13. The zero-order valence-corrected chi connectivity index (χ0v) is 15.6. The lowest BCUT2D eigenvalue weighted by atomic mass is 9.99. The molecule has 0 atom stereocenters. The summed E-state index contributed by atoms with van der Waals surface area (Å²) in [5.41, 5.74) is 4.34. The number of anilines is 1. The molecule has 4 aromatic rings. The highest BCUT2D eigenvalue weighted by Gasteiger charge is 2.14. The largest absolute Gasteiger partial charge is 0.319 e. The molecule has 0 aliphatic carbocycles. The summed E-state index contributed by atoms with van der Waals surface area (Å²) in [6, 6.07) is 9.15. The molecule has 0 aliphatic heterocycles. The Hall–Kier alpha value is -3.81. The summed E-state index contributed by atoms with van der Waals surface area (Å²) in [5.74, 6) is -0.382. The lowest BCUT2D eigenvalue weighted by molar-refractivity contribution is 0.101. The van der Waals surface area contributed by atoms with Crippen LogP contribution < -0.4 is 10.9 Å². The van der Waals surface area contributed by atoms with E-state index in [1.807, 2.05) is 32.0 Å². The molecular formula is C20H18N6O2. The zero-order chi connectivity index (χ0) is 19.8. The number of carbonyl (C=O) groups excluding carboxylic acids is 1. The summed E-state index contributed by atoms with van der Waals surface area (Å²) in [5, 5.41) is 9.90. The molecule has 3 heterocycles. The minimum atomic E-state index is -0.429. The number of aryl methyl sites for hydroxylation is 3. The predicted octanol–water partition coefficient (Wildman–Crippen LogP) is 2.59. The number of carbonyl (C=O) groups is 1. The van der Waals surface area contributed by atoms with Gasteiger partial charge < -0.3 is 9.88 Å². The molecule has 4 rings (SSSR count). The van der Waals surface area contributed by atoms with Gasteiger partial charge in [0.05, 0.1) is 5.52 Å². The Morgan fingerprint density at radius 3 is 2.68 bits per heavy atom. The molecule has 1 amide bonds. The molecule has 8 heteroatoms. The van der Waals surface area contributed by atoms with Crippen LogP contribution in [0.15, 0.2) is 47.7 Å². The molecule has 0 radical (unpaired) electrons. The molecule has 0 aliphatic rings. The van der Waals surface area contributed by atoms with E-state index in [4.69, 9.17) is 0 Å². The number of nitrogens with one attached hydrogen (secondary N) is 2. The van der Waals surface area contributed by atoms with Gasteiger partial charge in [-0.1, -0.05) is 6.07 Å². The molecule has 3 aromatic heterocycles. The van der Waals surface area contributed by atoms with Gasteiger partial charge in [0, 0.05) is 35.6 Å². The van der Waals surface area contributed by atoms with E-state index in [1.165, 1.54) is 6.33 Å². The van der Waals surface area contributed by atoms with E-state index >= 15 is 0 Å². The molecule has 0 unspecified atom stereocenters. The Balaban J connectivity index is 1.81. The van der Waals surface area contributed by atoms with Crippen molar-refractivity contribution in [1.29, 1.82) is 0 Å². The third-order valence-corrected chi connectivity index (χ3v) is 4.65. The van der Waals surface area contributed by atoms with Crippen LogP contribution in [-0.2, 0) is 7.05 Å². The number of nitrogens with zero attached hydrogens (tertiary/aromatic N) is 4. The number of hydrogen-bond donors (Lipinski definition) is 2. The molecule has 0 bridgehead atoms. The van der Waals surface area contributed by atoms with Crippen molar-refractivity contribution in [3.8, 4) is 11.1 Å². The maximum atomic E-state index is 13.0. The van der Waals surface area contributed by atoms with Gasteiger partial charge in [0.25, 0.3) is 11.5 Å². The number of aromatic amines is 1. The quantitative estimate of drug-likeness (QED) is 0.573. The van der Waals surface area contributed by atoms with Crippen molar-refractivity contribution in [3.05, 3.63) is 70.3 Å². The van der Waals surface area contributed by atoms with Gasteiger partial charge in [-0.15, -0.1) is 5.10 Å². The Morgan fingerprint density at radius 2 is 1.93 bits per heavy atom. The monoisotopic (exact) mass is 374 g/mol. The number of aromatic nitrogens is 5. The molecule has 1 aromatic carbocycles. The van der Waals surface area contributed by atoms with E-state index in [0.29, 0.717) is 11.3 Å². The van der Waals surface area contributed by atoms with Crippen molar-refractivity contribution in [2.24, 2.45) is 7.05 Å². The molecular weight excluding hydrogens is 356 g/mol. The van der Waals surface area contributed by atoms with Gasteiger partial charge in [0.15, 0.2) is 0 Å². The molecule has 0 saturated heterocycles. The molecule has 0 saturated carbocycles. The van der Waals surface area contributed by atoms with Crippen molar-refractivity contribution in [3.63, 3.8) is 0 Å². The molecule has 28 heavy (non-hydrogen) atoms. The van der Waals surface area contributed by atoms with Crippen LogP contribution in [0.1, 0.15) is 21.9 Å². The van der Waals surface area contributed by atoms with Gasteiger partial charge in [0.1, 0.15) is 6.33 Å². The number of H-pyrrole nitrogens is 1. The first-order valence-corrected chi connectivity index (χ1v) is 8.68. The fourth-order valence-corrected chi connectivity index (χ4v) is 3.15. The Labute approximate surface area is 160 Å². The lowest BCUT2D eigenvalue weighted by Crippen LogP contribution is -2.19. The highest BCUT2D eigenvalue weighted by Crippen LogP contribution is 2.27. The second kappa shape index (κ2) is 6.73. The fraction of sp³-hybridized carbons (Fsp3) is 0.150.